The number of benzene rings is 2. The number of hydroxylamine groups is 2. The van der Waals surface area contributed by atoms with Crippen molar-refractivity contribution in [2.75, 3.05) is 13.7 Å². The van der Waals surface area contributed by atoms with Crippen molar-refractivity contribution in [3.05, 3.63) is 71.0 Å². The molecule has 0 bridgehead atoms. The molecule has 140 valence electrons. The molecule has 3 rings (SSSR count). The number of hydrogen-bond donors (Lipinski definition) is 0. The summed E-state index contributed by atoms with van der Waals surface area (Å²) in [7, 11) is 1.17. The third kappa shape index (κ3) is 4.20. The van der Waals surface area contributed by atoms with Crippen molar-refractivity contribution >= 4 is 17.7 Å². The molecular weight excluding hydrogens is 353 g/mol. The van der Waals surface area contributed by atoms with Gasteiger partial charge in [0.2, 0.25) is 0 Å². The average Bonchev–Trinajstić information content (AvgIpc) is 2.69. The van der Waals surface area contributed by atoms with E-state index in [4.69, 9.17) is 4.84 Å². The number of esters is 1. The molecule has 1 fully saturated rings. The van der Waals surface area contributed by atoms with Gasteiger partial charge >= 0.3 is 11.9 Å². The average molecular weight is 371 g/mol. The molecule has 0 aliphatic carbocycles. The number of ketones is 1. The van der Waals surface area contributed by atoms with Crippen LogP contribution >= 0.6 is 0 Å². The number of hydrogen-bond acceptors (Lipinski definition) is 6. The summed E-state index contributed by atoms with van der Waals surface area (Å²) in [6.45, 7) is 0.211. The number of ether oxygens (including phenoxy) is 1. The SMILES string of the molecule is COC(=O)c1ccc([C@@H]2CC(=O)CCN2OC(=O)c2ccccc2)cc1F. The number of carbonyl (C=O) groups is 3. The van der Waals surface area contributed by atoms with Gasteiger partial charge < -0.3 is 9.57 Å². The van der Waals surface area contributed by atoms with Gasteiger partial charge in [-0.15, -0.1) is 5.06 Å². The van der Waals surface area contributed by atoms with Gasteiger partial charge in [0.25, 0.3) is 0 Å². The highest BCUT2D eigenvalue weighted by atomic mass is 19.1. The Labute approximate surface area is 155 Å². The lowest BCUT2D eigenvalue weighted by Gasteiger charge is -2.33. The molecule has 1 aliphatic heterocycles. The number of nitrogens with zero attached hydrogens (tertiary/aromatic N) is 1. The van der Waals surface area contributed by atoms with Crippen molar-refractivity contribution in [3.8, 4) is 0 Å². The first-order chi connectivity index (χ1) is 13.0. The molecule has 1 atom stereocenters. The van der Waals surface area contributed by atoms with Gasteiger partial charge in [0, 0.05) is 19.4 Å². The monoisotopic (exact) mass is 371 g/mol. The lowest BCUT2D eigenvalue weighted by molar-refractivity contribution is -0.162. The first-order valence-electron chi connectivity index (χ1n) is 8.43. The molecule has 2 aromatic carbocycles. The van der Waals surface area contributed by atoms with Crippen molar-refractivity contribution in [1.29, 1.82) is 0 Å². The van der Waals surface area contributed by atoms with Crippen LogP contribution in [0.5, 0.6) is 0 Å². The van der Waals surface area contributed by atoms with Gasteiger partial charge in [-0.1, -0.05) is 24.3 Å². The highest BCUT2D eigenvalue weighted by molar-refractivity contribution is 5.90. The fourth-order valence-electron chi connectivity index (χ4n) is 2.95. The summed E-state index contributed by atoms with van der Waals surface area (Å²) in [6.07, 6.45) is 0.320. The minimum absolute atomic E-state index is 0.00976. The molecule has 0 radical (unpaired) electrons. The summed E-state index contributed by atoms with van der Waals surface area (Å²) in [5, 5.41) is 1.39. The topological polar surface area (TPSA) is 72.9 Å². The highest BCUT2D eigenvalue weighted by Crippen LogP contribution is 2.31. The normalized spacial score (nSPS) is 17.4. The molecule has 1 aliphatic rings. The van der Waals surface area contributed by atoms with Crippen molar-refractivity contribution < 1.29 is 28.3 Å². The zero-order chi connectivity index (χ0) is 19.4. The predicted octanol–water partition coefficient (Wildman–Crippen LogP) is 3.09. The molecule has 1 heterocycles. The van der Waals surface area contributed by atoms with Crippen LogP contribution in [0, 0.1) is 5.82 Å². The smallest absolute Gasteiger partial charge is 0.357 e. The van der Waals surface area contributed by atoms with Crippen LogP contribution in [0.4, 0.5) is 4.39 Å². The number of halogens is 1. The second-order valence-electron chi connectivity index (χ2n) is 6.12. The fourth-order valence-corrected chi connectivity index (χ4v) is 2.95. The first-order valence-corrected chi connectivity index (χ1v) is 8.43. The quantitative estimate of drug-likeness (QED) is 0.769. The van der Waals surface area contributed by atoms with Crippen LogP contribution in [0.15, 0.2) is 48.5 Å². The van der Waals surface area contributed by atoms with Crippen molar-refractivity contribution in [1.82, 2.24) is 5.06 Å². The van der Waals surface area contributed by atoms with E-state index in [1.54, 1.807) is 30.3 Å². The van der Waals surface area contributed by atoms with E-state index in [-0.39, 0.29) is 30.7 Å². The molecule has 27 heavy (non-hydrogen) atoms. The van der Waals surface area contributed by atoms with Crippen LogP contribution in [0.3, 0.4) is 0 Å². The van der Waals surface area contributed by atoms with Crippen LogP contribution in [0.1, 0.15) is 45.2 Å². The maximum atomic E-state index is 14.3. The number of rotatable bonds is 4. The van der Waals surface area contributed by atoms with Crippen LogP contribution in [0.25, 0.3) is 0 Å². The first kappa shape index (κ1) is 18.7. The zero-order valence-electron chi connectivity index (χ0n) is 14.7. The standard InChI is InChI=1S/C20H18FNO5/c1-26-20(25)16-8-7-14(11-17(16)21)18-12-15(23)9-10-22(18)27-19(24)13-5-3-2-4-6-13/h2-8,11,18H,9-10,12H2,1H3/t18-/m0/s1. The number of Topliss-reactive ketones (excluding diaryl/α,β-unsaturated/α-hetero) is 1. The van der Waals surface area contributed by atoms with E-state index in [0.717, 1.165) is 0 Å². The van der Waals surface area contributed by atoms with Crippen LogP contribution < -0.4 is 0 Å². The largest absolute Gasteiger partial charge is 0.465 e. The molecule has 7 heteroatoms. The summed E-state index contributed by atoms with van der Waals surface area (Å²) >= 11 is 0. The summed E-state index contributed by atoms with van der Waals surface area (Å²) < 4.78 is 18.8. The van der Waals surface area contributed by atoms with Gasteiger partial charge in [0.1, 0.15) is 11.6 Å². The van der Waals surface area contributed by atoms with E-state index in [9.17, 15) is 18.8 Å². The Morgan fingerprint density at radius 1 is 1.11 bits per heavy atom. The molecule has 0 aromatic heterocycles. The Morgan fingerprint density at radius 3 is 2.52 bits per heavy atom. The van der Waals surface area contributed by atoms with Gasteiger partial charge in [-0.3, -0.25) is 4.79 Å². The molecule has 2 aromatic rings. The maximum absolute atomic E-state index is 14.3. The Hall–Kier alpha value is -3.06. The summed E-state index contributed by atoms with van der Waals surface area (Å²) in [6, 6.07) is 11.8. The summed E-state index contributed by atoms with van der Waals surface area (Å²) in [5.41, 5.74) is 0.616. The third-order valence-corrected chi connectivity index (χ3v) is 4.37. The van der Waals surface area contributed by atoms with Crippen molar-refractivity contribution in [3.63, 3.8) is 0 Å². The lowest BCUT2D eigenvalue weighted by atomic mass is 9.95. The van der Waals surface area contributed by atoms with Crippen molar-refractivity contribution in [2.24, 2.45) is 0 Å². The molecule has 1 saturated heterocycles. The van der Waals surface area contributed by atoms with Crippen LogP contribution in [-0.4, -0.2) is 36.4 Å². The minimum atomic E-state index is -0.786. The number of piperidine rings is 1. The summed E-state index contributed by atoms with van der Waals surface area (Å²) in [4.78, 5) is 41.3. The molecule has 0 amide bonds. The Kier molecular flexibility index (Phi) is 5.61. The van der Waals surface area contributed by atoms with E-state index in [1.165, 1.54) is 30.4 Å². The van der Waals surface area contributed by atoms with Gasteiger partial charge in [0.15, 0.2) is 0 Å². The van der Waals surface area contributed by atoms with Gasteiger partial charge in [-0.25, -0.2) is 14.0 Å². The van der Waals surface area contributed by atoms with Crippen LogP contribution in [0.2, 0.25) is 0 Å². The number of methoxy groups -OCH3 is 1. The predicted molar refractivity (Wildman–Crippen MR) is 93.3 cm³/mol. The van der Waals surface area contributed by atoms with Crippen molar-refractivity contribution in [2.45, 2.75) is 18.9 Å². The molecule has 0 N–H and O–H groups in total. The fraction of sp³-hybridized carbons (Fsp3) is 0.250. The van der Waals surface area contributed by atoms with E-state index >= 15 is 0 Å². The van der Waals surface area contributed by atoms with E-state index in [0.29, 0.717) is 11.1 Å². The van der Waals surface area contributed by atoms with Crippen LogP contribution in [-0.2, 0) is 14.4 Å². The lowest BCUT2D eigenvalue weighted by Crippen LogP contribution is -2.38. The van der Waals surface area contributed by atoms with E-state index in [2.05, 4.69) is 4.74 Å². The molecule has 6 nitrogen and oxygen atoms in total. The maximum Gasteiger partial charge on any atom is 0.357 e. The Bertz CT molecular complexity index is 868. The van der Waals surface area contributed by atoms with Gasteiger partial charge in [-0.2, -0.15) is 0 Å². The van der Waals surface area contributed by atoms with E-state index < -0.39 is 23.8 Å². The Morgan fingerprint density at radius 2 is 1.85 bits per heavy atom. The second kappa shape index (κ2) is 8.09. The highest BCUT2D eigenvalue weighted by Gasteiger charge is 2.32. The van der Waals surface area contributed by atoms with E-state index in [1.807, 2.05) is 0 Å². The number of carbonyl (C=O) groups excluding carboxylic acids is 3. The van der Waals surface area contributed by atoms with Gasteiger partial charge in [-0.05, 0) is 29.8 Å². The molecule has 0 saturated carbocycles. The summed E-state index contributed by atoms with van der Waals surface area (Å²) in [5.74, 6) is -2.11. The molecular formula is C20H18FNO5. The zero-order valence-corrected chi connectivity index (χ0v) is 14.7. The Balaban J connectivity index is 1.84. The molecule has 0 spiro atoms. The second-order valence-corrected chi connectivity index (χ2v) is 6.12. The minimum Gasteiger partial charge on any atom is -0.465 e. The molecule has 0 unspecified atom stereocenters. The third-order valence-electron chi connectivity index (χ3n) is 4.37. The van der Waals surface area contributed by atoms with Gasteiger partial charge in [0.05, 0.1) is 24.3 Å².